The van der Waals surface area contributed by atoms with Gasteiger partial charge < -0.3 is 9.32 Å². The molecule has 21 heavy (non-hydrogen) atoms. The molecule has 0 N–H and O–H groups in total. The summed E-state index contributed by atoms with van der Waals surface area (Å²) in [5.74, 6) is -0.348. The summed E-state index contributed by atoms with van der Waals surface area (Å²) < 4.78 is 18.7. The summed E-state index contributed by atoms with van der Waals surface area (Å²) in [6.45, 7) is 0. The molecule has 3 rings (SSSR count). The van der Waals surface area contributed by atoms with E-state index in [0.717, 1.165) is 5.69 Å². The highest BCUT2D eigenvalue weighted by molar-refractivity contribution is 6.09. The minimum Gasteiger partial charge on any atom is -0.453 e. The normalized spacial score (nSPS) is 10.8. The average Bonchev–Trinajstić information content (AvgIpc) is 2.89. The number of carbonyl (C=O) groups excluding carboxylic acids is 1. The Morgan fingerprint density at radius 1 is 1.10 bits per heavy atom. The van der Waals surface area contributed by atoms with Crippen LogP contribution in [0.3, 0.4) is 0 Å². The molecule has 0 atom stereocenters. The predicted octanol–water partition coefficient (Wildman–Crippen LogP) is 3.87. The van der Waals surface area contributed by atoms with Crippen LogP contribution in [0.15, 0.2) is 52.9 Å². The fraction of sp³-hybridized carbons (Fsp3) is 0.118. The maximum atomic E-state index is 13.2. The highest BCUT2D eigenvalue weighted by atomic mass is 19.1. The quantitative estimate of drug-likeness (QED) is 0.684. The second-order valence-electron chi connectivity index (χ2n) is 5.07. The fourth-order valence-corrected chi connectivity index (χ4v) is 2.19. The number of nitrogens with zero attached hydrogens (tertiary/aromatic N) is 1. The molecule has 1 aromatic heterocycles. The van der Waals surface area contributed by atoms with Crippen LogP contribution in [0, 0.1) is 5.82 Å². The van der Waals surface area contributed by atoms with Crippen molar-refractivity contribution in [1.29, 1.82) is 0 Å². The molecule has 0 radical (unpaired) electrons. The molecule has 2 aromatic carbocycles. The van der Waals surface area contributed by atoms with E-state index in [1.807, 2.05) is 31.1 Å². The summed E-state index contributed by atoms with van der Waals surface area (Å²) in [7, 11) is 3.82. The van der Waals surface area contributed by atoms with Crippen molar-refractivity contribution >= 4 is 22.4 Å². The highest BCUT2D eigenvalue weighted by Crippen LogP contribution is 2.23. The molecule has 3 nitrogen and oxygen atoms in total. The summed E-state index contributed by atoms with van der Waals surface area (Å²) in [4.78, 5) is 14.4. The lowest BCUT2D eigenvalue weighted by molar-refractivity contribution is 0.101. The van der Waals surface area contributed by atoms with E-state index in [0.29, 0.717) is 16.5 Å². The predicted molar refractivity (Wildman–Crippen MR) is 80.4 cm³/mol. The molecule has 3 aromatic rings. The van der Waals surface area contributed by atoms with Crippen molar-refractivity contribution in [3.63, 3.8) is 0 Å². The Bertz CT molecular complexity index is 821. The minimum absolute atomic E-state index is 0.213. The van der Waals surface area contributed by atoms with Crippen LogP contribution in [0.5, 0.6) is 0 Å². The average molecular weight is 283 g/mol. The molecule has 0 fully saturated rings. The second-order valence-corrected chi connectivity index (χ2v) is 5.07. The first-order valence-electron chi connectivity index (χ1n) is 6.56. The van der Waals surface area contributed by atoms with E-state index in [4.69, 9.17) is 4.42 Å². The standard InChI is InChI=1S/C17H14FNO2/c1-19(2)14-5-3-4-11(9-14)17(20)16-10-12-8-13(18)6-7-15(12)21-16/h3-10H,1-2H3. The number of benzene rings is 2. The lowest BCUT2D eigenvalue weighted by Crippen LogP contribution is -2.09. The summed E-state index contributed by atoms with van der Waals surface area (Å²) in [5, 5.41) is 0.585. The highest BCUT2D eigenvalue weighted by Gasteiger charge is 2.15. The van der Waals surface area contributed by atoms with E-state index in [-0.39, 0.29) is 17.4 Å². The van der Waals surface area contributed by atoms with E-state index in [1.54, 1.807) is 18.2 Å². The Balaban J connectivity index is 2.01. The molecular formula is C17H14FNO2. The SMILES string of the molecule is CN(C)c1cccc(C(=O)c2cc3cc(F)ccc3o2)c1. The van der Waals surface area contributed by atoms with Gasteiger partial charge in [-0.3, -0.25) is 4.79 Å². The molecular weight excluding hydrogens is 269 g/mol. The van der Waals surface area contributed by atoms with Gasteiger partial charge in [-0.2, -0.15) is 0 Å². The molecule has 0 spiro atoms. The van der Waals surface area contributed by atoms with Crippen molar-refractivity contribution in [3.8, 4) is 0 Å². The Morgan fingerprint density at radius 3 is 2.67 bits per heavy atom. The van der Waals surface area contributed by atoms with Crippen molar-refractivity contribution in [3.05, 3.63) is 65.7 Å². The number of fused-ring (bicyclic) bond motifs is 1. The maximum Gasteiger partial charge on any atom is 0.228 e. The smallest absolute Gasteiger partial charge is 0.228 e. The van der Waals surface area contributed by atoms with Crippen LogP contribution in [0.1, 0.15) is 16.1 Å². The molecule has 0 aliphatic heterocycles. The summed E-state index contributed by atoms with van der Waals surface area (Å²) >= 11 is 0. The monoisotopic (exact) mass is 283 g/mol. The van der Waals surface area contributed by atoms with Crippen molar-refractivity contribution in [2.45, 2.75) is 0 Å². The molecule has 0 amide bonds. The van der Waals surface area contributed by atoms with Crippen LogP contribution < -0.4 is 4.90 Å². The Kier molecular flexibility index (Phi) is 3.22. The number of rotatable bonds is 3. The fourth-order valence-electron chi connectivity index (χ4n) is 2.19. The number of hydrogen-bond donors (Lipinski definition) is 0. The number of ketones is 1. The van der Waals surface area contributed by atoms with Gasteiger partial charge in [-0.1, -0.05) is 12.1 Å². The third-order valence-corrected chi connectivity index (χ3v) is 3.33. The van der Waals surface area contributed by atoms with Crippen molar-refractivity contribution in [1.82, 2.24) is 0 Å². The van der Waals surface area contributed by atoms with Gasteiger partial charge in [0, 0.05) is 30.7 Å². The van der Waals surface area contributed by atoms with Crippen LogP contribution in [0.4, 0.5) is 10.1 Å². The molecule has 0 bridgehead atoms. The van der Waals surface area contributed by atoms with Gasteiger partial charge in [-0.15, -0.1) is 0 Å². The largest absolute Gasteiger partial charge is 0.453 e. The lowest BCUT2D eigenvalue weighted by atomic mass is 10.1. The zero-order chi connectivity index (χ0) is 15.0. The number of anilines is 1. The molecule has 0 aliphatic carbocycles. The van der Waals surface area contributed by atoms with E-state index in [1.165, 1.54) is 18.2 Å². The zero-order valence-corrected chi connectivity index (χ0v) is 11.8. The molecule has 1 heterocycles. The first-order valence-corrected chi connectivity index (χ1v) is 6.56. The van der Waals surface area contributed by atoms with Gasteiger partial charge in [0.15, 0.2) is 5.76 Å². The first kappa shape index (κ1) is 13.4. The third kappa shape index (κ3) is 2.52. The molecule has 0 saturated heterocycles. The van der Waals surface area contributed by atoms with Gasteiger partial charge >= 0.3 is 0 Å². The molecule has 0 aliphatic rings. The van der Waals surface area contributed by atoms with Gasteiger partial charge in [0.25, 0.3) is 0 Å². The van der Waals surface area contributed by atoms with Crippen LogP contribution in [-0.2, 0) is 0 Å². The van der Waals surface area contributed by atoms with Gasteiger partial charge in [-0.25, -0.2) is 4.39 Å². The summed E-state index contributed by atoms with van der Waals surface area (Å²) in [5.41, 5.74) is 1.98. The molecule has 0 unspecified atom stereocenters. The zero-order valence-electron chi connectivity index (χ0n) is 11.8. The Labute approximate surface area is 121 Å². The van der Waals surface area contributed by atoms with E-state index >= 15 is 0 Å². The van der Waals surface area contributed by atoms with Gasteiger partial charge in [0.05, 0.1) is 0 Å². The molecule has 4 heteroatoms. The Morgan fingerprint density at radius 2 is 1.90 bits per heavy atom. The summed E-state index contributed by atoms with van der Waals surface area (Å²) in [6, 6.07) is 13.0. The van der Waals surface area contributed by atoms with E-state index in [2.05, 4.69) is 0 Å². The van der Waals surface area contributed by atoms with Crippen LogP contribution in [-0.4, -0.2) is 19.9 Å². The number of carbonyl (C=O) groups is 1. The molecule has 0 saturated carbocycles. The molecule has 106 valence electrons. The lowest BCUT2D eigenvalue weighted by Gasteiger charge is -2.12. The number of hydrogen-bond acceptors (Lipinski definition) is 3. The van der Waals surface area contributed by atoms with Crippen molar-refractivity contribution in [2.24, 2.45) is 0 Å². The first-order chi connectivity index (χ1) is 10.0. The third-order valence-electron chi connectivity index (χ3n) is 3.33. The van der Waals surface area contributed by atoms with Gasteiger partial charge in [-0.05, 0) is 36.4 Å². The van der Waals surface area contributed by atoms with Crippen LogP contribution in [0.25, 0.3) is 11.0 Å². The number of furan rings is 1. The van der Waals surface area contributed by atoms with Crippen LogP contribution >= 0.6 is 0 Å². The maximum absolute atomic E-state index is 13.2. The van der Waals surface area contributed by atoms with E-state index < -0.39 is 0 Å². The Hall–Kier alpha value is -2.62. The topological polar surface area (TPSA) is 33.5 Å². The second kappa shape index (κ2) is 5.05. The van der Waals surface area contributed by atoms with Crippen molar-refractivity contribution in [2.75, 3.05) is 19.0 Å². The van der Waals surface area contributed by atoms with Crippen LogP contribution in [0.2, 0.25) is 0 Å². The van der Waals surface area contributed by atoms with Gasteiger partial charge in [0.1, 0.15) is 11.4 Å². The van der Waals surface area contributed by atoms with Crippen molar-refractivity contribution < 1.29 is 13.6 Å². The number of halogens is 1. The minimum atomic E-state index is -0.350. The van der Waals surface area contributed by atoms with Gasteiger partial charge in [0.2, 0.25) is 5.78 Å². The summed E-state index contributed by atoms with van der Waals surface area (Å²) in [6.07, 6.45) is 0. The van der Waals surface area contributed by atoms with E-state index in [9.17, 15) is 9.18 Å².